The molecule has 11 heteroatoms. The number of carbonyl (C=O) groups excluding carboxylic acids is 2. The number of para-hydroxylation sites is 2. The Hall–Kier alpha value is -3.89. The second-order valence-corrected chi connectivity index (χ2v) is 13.0. The predicted octanol–water partition coefficient (Wildman–Crippen LogP) is 5.38. The lowest BCUT2D eigenvalue weighted by Gasteiger charge is -2.35. The summed E-state index contributed by atoms with van der Waals surface area (Å²) < 4.78 is 34.9. The van der Waals surface area contributed by atoms with Crippen molar-refractivity contribution in [1.29, 1.82) is 0 Å². The minimum Gasteiger partial charge on any atom is -0.477 e. The van der Waals surface area contributed by atoms with Gasteiger partial charge in [-0.3, -0.25) is 9.59 Å². The molecule has 0 radical (unpaired) electrons. The Balaban J connectivity index is 1.37. The molecule has 228 valence electrons. The zero-order valence-corrected chi connectivity index (χ0v) is 26.1. The molecule has 1 aliphatic rings. The molecule has 1 N–H and O–H groups in total. The lowest BCUT2D eigenvalue weighted by molar-refractivity contribution is -0.128. The van der Waals surface area contributed by atoms with E-state index in [9.17, 15) is 18.0 Å². The zero-order chi connectivity index (χ0) is 31.1. The number of halogens is 2. The molecule has 0 fully saturated rings. The molecule has 4 aromatic rings. The third kappa shape index (κ3) is 7.60. The Morgan fingerprint density at radius 1 is 0.864 bits per heavy atom. The third-order valence-corrected chi connectivity index (χ3v) is 9.80. The van der Waals surface area contributed by atoms with Crippen LogP contribution in [-0.2, 0) is 32.5 Å². The summed E-state index contributed by atoms with van der Waals surface area (Å²) in [6, 6.07) is 30.2. The van der Waals surface area contributed by atoms with E-state index in [2.05, 4.69) is 5.32 Å². The highest BCUT2D eigenvalue weighted by Gasteiger charge is 2.36. The summed E-state index contributed by atoms with van der Waals surface area (Å²) in [6.45, 7) is -0.174. The number of anilines is 1. The second-order valence-electron chi connectivity index (χ2n) is 10.3. The van der Waals surface area contributed by atoms with E-state index >= 15 is 0 Å². The van der Waals surface area contributed by atoms with Gasteiger partial charge in [-0.25, -0.2) is 8.42 Å². The van der Waals surface area contributed by atoms with E-state index < -0.39 is 28.6 Å². The van der Waals surface area contributed by atoms with Crippen LogP contribution in [0.5, 0.6) is 5.75 Å². The number of sulfonamides is 1. The van der Waals surface area contributed by atoms with Gasteiger partial charge in [0.05, 0.1) is 23.8 Å². The fourth-order valence-corrected chi connectivity index (χ4v) is 7.06. The lowest BCUT2D eigenvalue weighted by atomic mass is 10.1. The maximum absolute atomic E-state index is 14.0. The topological polar surface area (TPSA) is 96.0 Å². The van der Waals surface area contributed by atoms with Crippen molar-refractivity contribution in [2.75, 3.05) is 31.1 Å². The number of rotatable bonds is 11. The van der Waals surface area contributed by atoms with Crippen LogP contribution in [0, 0.1) is 0 Å². The molecule has 44 heavy (non-hydrogen) atoms. The summed E-state index contributed by atoms with van der Waals surface area (Å²) in [5.41, 5.74) is 2.43. The van der Waals surface area contributed by atoms with Crippen molar-refractivity contribution in [3.05, 3.63) is 124 Å². The monoisotopic (exact) mass is 651 g/mol. The maximum atomic E-state index is 14.0. The molecule has 1 aliphatic heterocycles. The first-order valence-electron chi connectivity index (χ1n) is 14.1. The van der Waals surface area contributed by atoms with Crippen LogP contribution in [0.2, 0.25) is 10.0 Å². The molecular formula is C33H31Cl2N3O5S. The molecule has 0 saturated heterocycles. The molecular weight excluding hydrogens is 621 g/mol. The largest absolute Gasteiger partial charge is 0.477 e. The highest BCUT2D eigenvalue weighted by molar-refractivity contribution is 7.89. The van der Waals surface area contributed by atoms with Crippen LogP contribution in [0.4, 0.5) is 5.69 Å². The summed E-state index contributed by atoms with van der Waals surface area (Å²) >= 11 is 12.4. The van der Waals surface area contributed by atoms with Crippen LogP contribution in [0.15, 0.2) is 108 Å². The van der Waals surface area contributed by atoms with E-state index in [1.165, 1.54) is 23.1 Å². The van der Waals surface area contributed by atoms with Crippen molar-refractivity contribution in [2.45, 2.75) is 23.8 Å². The van der Waals surface area contributed by atoms with E-state index in [0.717, 1.165) is 15.4 Å². The first-order valence-corrected chi connectivity index (χ1v) is 16.3. The molecule has 0 bridgehead atoms. The van der Waals surface area contributed by atoms with Crippen LogP contribution in [-0.4, -0.2) is 56.8 Å². The van der Waals surface area contributed by atoms with Crippen molar-refractivity contribution in [3.8, 4) is 5.75 Å². The molecule has 1 heterocycles. The van der Waals surface area contributed by atoms with E-state index in [1.807, 2.05) is 60.7 Å². The molecule has 0 aromatic heterocycles. The third-order valence-electron chi connectivity index (χ3n) is 7.24. The minimum atomic E-state index is -4.24. The van der Waals surface area contributed by atoms with Crippen LogP contribution in [0.25, 0.3) is 0 Å². The fraction of sp³-hybridized carbons (Fsp3) is 0.212. The number of benzene rings is 4. The van der Waals surface area contributed by atoms with E-state index in [1.54, 1.807) is 24.3 Å². The maximum Gasteiger partial charge on any atom is 0.262 e. The predicted molar refractivity (Wildman–Crippen MR) is 172 cm³/mol. The van der Waals surface area contributed by atoms with Crippen molar-refractivity contribution in [3.63, 3.8) is 0 Å². The Bertz CT molecular complexity index is 1720. The van der Waals surface area contributed by atoms with Crippen molar-refractivity contribution >= 4 is 50.7 Å². The minimum absolute atomic E-state index is 0.00415. The van der Waals surface area contributed by atoms with Crippen molar-refractivity contribution < 1.29 is 22.7 Å². The number of hydrogen-bond acceptors (Lipinski definition) is 5. The van der Waals surface area contributed by atoms with Gasteiger partial charge in [0.1, 0.15) is 10.6 Å². The number of carbonyl (C=O) groups is 2. The molecule has 5 rings (SSSR count). The zero-order valence-electron chi connectivity index (χ0n) is 23.7. The number of hydrogen-bond donors (Lipinski definition) is 1. The van der Waals surface area contributed by atoms with E-state index in [-0.39, 0.29) is 33.9 Å². The van der Waals surface area contributed by atoms with Gasteiger partial charge in [-0.1, -0.05) is 96.0 Å². The molecule has 0 spiro atoms. The van der Waals surface area contributed by atoms with Crippen LogP contribution in [0.3, 0.4) is 0 Å². The van der Waals surface area contributed by atoms with Gasteiger partial charge in [0.25, 0.3) is 5.91 Å². The molecule has 0 unspecified atom stereocenters. The number of nitrogens with one attached hydrogen (secondary N) is 1. The van der Waals surface area contributed by atoms with E-state index in [0.29, 0.717) is 30.8 Å². The number of ether oxygens (including phenoxy) is 1. The average molecular weight is 653 g/mol. The highest BCUT2D eigenvalue weighted by Crippen LogP contribution is 2.34. The lowest BCUT2D eigenvalue weighted by Crippen LogP contribution is -2.53. The van der Waals surface area contributed by atoms with Gasteiger partial charge in [-0.05, 0) is 54.3 Å². The number of nitrogens with zero attached hydrogens (tertiary/aromatic N) is 2. The summed E-state index contributed by atoms with van der Waals surface area (Å²) in [5.74, 6) is -0.531. The summed E-state index contributed by atoms with van der Waals surface area (Å²) in [6.07, 6.45) is 0.0117. The van der Waals surface area contributed by atoms with Gasteiger partial charge in [-0.2, -0.15) is 4.31 Å². The standard InChI is InChI=1S/C33H31Cl2N3O5S/c34-26-15-16-27(35)31(21-26)44(41,42)37(20-18-25-11-5-2-6-12-25)23-32(39)38-22-30(43-29-14-8-7-13-28(29)38)33(40)36-19-17-24-9-3-1-4-10-24/h1-16,21,30H,17-20,22-23H2,(H,36,40)/t30-/m1/s1. The fourth-order valence-electron chi connectivity index (χ4n) is 4.93. The van der Waals surface area contributed by atoms with Crippen molar-refractivity contribution in [2.24, 2.45) is 0 Å². The first-order chi connectivity index (χ1) is 21.2. The van der Waals surface area contributed by atoms with Crippen LogP contribution in [0.1, 0.15) is 11.1 Å². The van der Waals surface area contributed by atoms with Gasteiger partial charge in [0.2, 0.25) is 15.9 Å². The molecule has 0 aliphatic carbocycles. The summed E-state index contributed by atoms with van der Waals surface area (Å²) in [4.78, 5) is 28.3. The molecule has 4 aromatic carbocycles. The van der Waals surface area contributed by atoms with Crippen LogP contribution < -0.4 is 15.0 Å². The SMILES string of the molecule is O=C(NCCc1ccccc1)[C@H]1CN(C(=O)CN(CCc2ccccc2)S(=O)(=O)c2cc(Cl)ccc2Cl)c2ccccc2O1. The molecule has 1 atom stereocenters. The Morgan fingerprint density at radius 2 is 1.50 bits per heavy atom. The van der Waals surface area contributed by atoms with Gasteiger partial charge in [0.15, 0.2) is 6.10 Å². The van der Waals surface area contributed by atoms with Gasteiger partial charge < -0.3 is 15.0 Å². The number of amides is 2. The van der Waals surface area contributed by atoms with E-state index in [4.69, 9.17) is 27.9 Å². The molecule has 8 nitrogen and oxygen atoms in total. The van der Waals surface area contributed by atoms with Gasteiger partial charge >= 0.3 is 0 Å². The Labute approximate surface area is 267 Å². The average Bonchev–Trinajstić information content (AvgIpc) is 3.04. The summed E-state index contributed by atoms with van der Waals surface area (Å²) in [7, 11) is -4.24. The van der Waals surface area contributed by atoms with Gasteiger partial charge in [-0.15, -0.1) is 0 Å². The quantitative estimate of drug-likeness (QED) is 0.235. The Morgan fingerprint density at radius 3 is 2.20 bits per heavy atom. The molecule has 0 saturated carbocycles. The Kier molecular flexibility index (Phi) is 10.2. The normalized spacial score (nSPS) is 14.5. The first kappa shape index (κ1) is 31.5. The number of fused-ring (bicyclic) bond motifs is 1. The molecule has 2 amide bonds. The highest BCUT2D eigenvalue weighted by atomic mass is 35.5. The smallest absolute Gasteiger partial charge is 0.262 e. The van der Waals surface area contributed by atoms with Crippen molar-refractivity contribution in [1.82, 2.24) is 9.62 Å². The van der Waals surface area contributed by atoms with Gasteiger partial charge in [0, 0.05) is 18.1 Å². The second kappa shape index (κ2) is 14.3. The summed E-state index contributed by atoms with van der Waals surface area (Å²) in [5, 5.41) is 3.09. The van der Waals surface area contributed by atoms with Crippen LogP contribution >= 0.6 is 23.2 Å².